The first-order chi connectivity index (χ1) is 13.6. The molecular weight excluding hydrogens is 372 g/mol. The molecule has 28 heavy (non-hydrogen) atoms. The maximum atomic E-state index is 13.0. The van der Waals surface area contributed by atoms with Gasteiger partial charge < -0.3 is 10.0 Å². The maximum Gasteiger partial charge on any atom is 0.272 e. The van der Waals surface area contributed by atoms with Gasteiger partial charge in [0.05, 0.1) is 5.69 Å². The summed E-state index contributed by atoms with van der Waals surface area (Å²) in [4.78, 5) is 18.1. The molecule has 0 aliphatic carbocycles. The van der Waals surface area contributed by atoms with Gasteiger partial charge >= 0.3 is 0 Å². The maximum absolute atomic E-state index is 13.0. The molecule has 3 aromatic rings. The molecule has 0 unspecified atom stereocenters. The average molecular weight is 397 g/mol. The number of aliphatic hydroxyl groups excluding tert-OH is 1. The van der Waals surface area contributed by atoms with E-state index >= 15 is 0 Å². The lowest BCUT2D eigenvalue weighted by Gasteiger charge is -2.35. The first-order valence-electron chi connectivity index (χ1n) is 9.44. The van der Waals surface area contributed by atoms with Crippen LogP contribution in [0.1, 0.15) is 21.5 Å². The van der Waals surface area contributed by atoms with Crippen LogP contribution in [-0.2, 0) is 7.05 Å². The minimum absolute atomic E-state index is 0.00985. The molecule has 3 heterocycles. The topological polar surface area (TPSA) is 61.6 Å². The van der Waals surface area contributed by atoms with Crippen LogP contribution in [0.3, 0.4) is 0 Å². The number of nitrogens with zero attached hydrogens (tertiary/aromatic N) is 4. The van der Waals surface area contributed by atoms with Gasteiger partial charge in [-0.1, -0.05) is 36.4 Å². The van der Waals surface area contributed by atoms with Crippen molar-refractivity contribution < 1.29 is 9.90 Å². The Hall–Kier alpha value is -2.48. The van der Waals surface area contributed by atoms with Crippen molar-refractivity contribution in [3.05, 3.63) is 64.5 Å². The van der Waals surface area contributed by atoms with E-state index in [1.807, 2.05) is 65.9 Å². The summed E-state index contributed by atoms with van der Waals surface area (Å²) in [5.41, 5.74) is 2.42. The van der Waals surface area contributed by atoms with Crippen LogP contribution in [0.2, 0.25) is 0 Å². The Balaban J connectivity index is 1.37. The smallest absolute Gasteiger partial charge is 0.272 e. The van der Waals surface area contributed by atoms with Crippen LogP contribution >= 0.6 is 11.3 Å². The zero-order chi connectivity index (χ0) is 19.5. The van der Waals surface area contributed by atoms with Gasteiger partial charge in [-0.3, -0.25) is 14.4 Å². The summed E-state index contributed by atoms with van der Waals surface area (Å²) in [6, 6.07) is 15.7. The number of benzene rings is 1. The average Bonchev–Trinajstić information content (AvgIpc) is 3.39. The highest BCUT2D eigenvalue weighted by Gasteiger charge is 2.26. The van der Waals surface area contributed by atoms with Crippen LogP contribution in [0.4, 0.5) is 0 Å². The number of β-amino-alcohol motifs (C(OH)–C–C–N with tert-alkyl or cyclic N) is 1. The summed E-state index contributed by atoms with van der Waals surface area (Å²) in [6.45, 7) is 3.44. The first-order valence-corrected chi connectivity index (χ1v) is 10.3. The SMILES string of the molecule is Cn1nc(-c2ccccc2)cc1C(=O)N1CCN(C[C@@H](O)c2cccs2)CC1. The molecule has 1 amide bonds. The number of aliphatic hydroxyl groups is 1. The minimum Gasteiger partial charge on any atom is -0.386 e. The van der Waals surface area contributed by atoms with Crippen molar-refractivity contribution in [3.63, 3.8) is 0 Å². The van der Waals surface area contributed by atoms with E-state index in [1.54, 1.807) is 16.0 Å². The summed E-state index contributed by atoms with van der Waals surface area (Å²) >= 11 is 1.57. The monoisotopic (exact) mass is 396 g/mol. The number of hydrogen-bond acceptors (Lipinski definition) is 5. The second-order valence-corrected chi connectivity index (χ2v) is 8.01. The highest BCUT2D eigenvalue weighted by molar-refractivity contribution is 7.10. The van der Waals surface area contributed by atoms with E-state index in [9.17, 15) is 9.90 Å². The van der Waals surface area contributed by atoms with Gasteiger partial charge in [0.15, 0.2) is 0 Å². The number of piperazine rings is 1. The van der Waals surface area contributed by atoms with Crippen LogP contribution in [0.15, 0.2) is 53.9 Å². The molecule has 0 saturated carbocycles. The number of rotatable bonds is 5. The van der Waals surface area contributed by atoms with E-state index in [-0.39, 0.29) is 5.91 Å². The first kappa shape index (κ1) is 18.9. The summed E-state index contributed by atoms with van der Waals surface area (Å²) in [5, 5.41) is 16.8. The molecule has 1 aromatic carbocycles. The Bertz CT molecular complexity index is 915. The second kappa shape index (κ2) is 8.26. The normalized spacial score (nSPS) is 16.3. The number of hydrogen-bond donors (Lipinski definition) is 1. The van der Waals surface area contributed by atoms with E-state index in [1.165, 1.54) is 0 Å². The van der Waals surface area contributed by atoms with Crippen molar-refractivity contribution in [1.29, 1.82) is 0 Å². The lowest BCUT2D eigenvalue weighted by Crippen LogP contribution is -2.49. The van der Waals surface area contributed by atoms with Gasteiger partial charge in [-0.25, -0.2) is 0 Å². The van der Waals surface area contributed by atoms with Crippen molar-refractivity contribution in [1.82, 2.24) is 19.6 Å². The number of aryl methyl sites for hydroxylation is 1. The summed E-state index contributed by atoms with van der Waals surface area (Å²) in [5.74, 6) is 0.00985. The third-order valence-electron chi connectivity index (χ3n) is 5.13. The Morgan fingerprint density at radius 3 is 2.57 bits per heavy atom. The highest BCUT2D eigenvalue weighted by Crippen LogP contribution is 2.22. The minimum atomic E-state index is -0.465. The van der Waals surface area contributed by atoms with Crippen molar-refractivity contribution in [2.75, 3.05) is 32.7 Å². The quantitative estimate of drug-likeness (QED) is 0.720. The van der Waals surface area contributed by atoms with Gasteiger partial charge in [-0.15, -0.1) is 11.3 Å². The molecule has 0 bridgehead atoms. The Kier molecular flexibility index (Phi) is 5.57. The molecule has 1 saturated heterocycles. The number of aromatic nitrogens is 2. The van der Waals surface area contributed by atoms with Gasteiger partial charge in [0.2, 0.25) is 0 Å². The van der Waals surface area contributed by atoms with Crippen molar-refractivity contribution in [3.8, 4) is 11.3 Å². The third-order valence-corrected chi connectivity index (χ3v) is 6.10. The largest absolute Gasteiger partial charge is 0.386 e. The van der Waals surface area contributed by atoms with Crippen LogP contribution in [-0.4, -0.2) is 63.3 Å². The number of thiophene rings is 1. The number of carbonyl (C=O) groups excluding carboxylic acids is 1. The summed E-state index contributed by atoms with van der Waals surface area (Å²) in [6.07, 6.45) is -0.465. The number of amides is 1. The zero-order valence-electron chi connectivity index (χ0n) is 15.9. The van der Waals surface area contributed by atoms with E-state index < -0.39 is 6.10 Å². The van der Waals surface area contributed by atoms with E-state index in [4.69, 9.17) is 0 Å². The molecule has 0 radical (unpaired) electrons. The molecule has 4 rings (SSSR count). The van der Waals surface area contributed by atoms with Gasteiger partial charge in [0.1, 0.15) is 11.8 Å². The van der Waals surface area contributed by atoms with Crippen LogP contribution in [0.25, 0.3) is 11.3 Å². The molecule has 7 heteroatoms. The zero-order valence-corrected chi connectivity index (χ0v) is 16.7. The predicted molar refractivity (Wildman–Crippen MR) is 110 cm³/mol. The number of carbonyl (C=O) groups is 1. The Morgan fingerprint density at radius 2 is 1.89 bits per heavy atom. The summed E-state index contributed by atoms with van der Waals surface area (Å²) < 4.78 is 1.66. The molecule has 146 valence electrons. The molecule has 0 spiro atoms. The van der Waals surface area contributed by atoms with E-state index in [0.717, 1.165) is 29.2 Å². The van der Waals surface area contributed by atoms with Gasteiger partial charge in [-0.2, -0.15) is 5.10 Å². The van der Waals surface area contributed by atoms with Crippen molar-refractivity contribution in [2.24, 2.45) is 7.05 Å². The molecule has 1 fully saturated rings. The van der Waals surface area contributed by atoms with Gasteiger partial charge in [-0.05, 0) is 17.5 Å². The molecular formula is C21H24N4O2S. The van der Waals surface area contributed by atoms with Gasteiger partial charge in [0, 0.05) is 50.2 Å². The standard InChI is InChI=1S/C21H24N4O2S/c1-23-18(14-17(22-23)16-6-3-2-4-7-16)21(27)25-11-9-24(10-12-25)15-19(26)20-8-5-13-28-20/h2-8,13-14,19,26H,9-12,15H2,1H3/t19-/m1/s1. The van der Waals surface area contributed by atoms with Crippen molar-refractivity contribution >= 4 is 17.2 Å². The fourth-order valence-electron chi connectivity index (χ4n) is 3.53. The van der Waals surface area contributed by atoms with E-state index in [0.29, 0.717) is 25.3 Å². The fraction of sp³-hybridized carbons (Fsp3) is 0.333. The lowest BCUT2D eigenvalue weighted by atomic mass is 10.1. The van der Waals surface area contributed by atoms with Crippen LogP contribution in [0.5, 0.6) is 0 Å². The molecule has 1 aliphatic heterocycles. The molecule has 1 N–H and O–H groups in total. The predicted octanol–water partition coefficient (Wildman–Crippen LogP) is 2.64. The summed E-state index contributed by atoms with van der Waals surface area (Å²) in [7, 11) is 1.81. The lowest BCUT2D eigenvalue weighted by molar-refractivity contribution is 0.0524. The Morgan fingerprint density at radius 1 is 1.14 bits per heavy atom. The van der Waals surface area contributed by atoms with Crippen LogP contribution < -0.4 is 0 Å². The fourth-order valence-corrected chi connectivity index (χ4v) is 4.23. The molecule has 1 aliphatic rings. The molecule has 1 atom stereocenters. The molecule has 6 nitrogen and oxygen atoms in total. The second-order valence-electron chi connectivity index (χ2n) is 7.03. The molecule has 2 aromatic heterocycles. The van der Waals surface area contributed by atoms with E-state index in [2.05, 4.69) is 10.00 Å². The van der Waals surface area contributed by atoms with Crippen LogP contribution in [0, 0.1) is 0 Å². The Labute approximate surface area is 168 Å². The van der Waals surface area contributed by atoms with Gasteiger partial charge in [0.25, 0.3) is 5.91 Å². The van der Waals surface area contributed by atoms with Crippen molar-refractivity contribution in [2.45, 2.75) is 6.10 Å². The highest BCUT2D eigenvalue weighted by atomic mass is 32.1. The third kappa shape index (κ3) is 4.01.